The zero-order chi connectivity index (χ0) is 24.4. The molecule has 0 aliphatic heterocycles. The van der Waals surface area contributed by atoms with E-state index in [1.54, 1.807) is 6.92 Å². The van der Waals surface area contributed by atoms with Crippen LogP contribution in [0.5, 0.6) is 11.5 Å². The number of carbonyl (C=O) groups is 3. The fourth-order valence-electron chi connectivity index (χ4n) is 2.51. The van der Waals surface area contributed by atoms with Crippen molar-refractivity contribution in [1.29, 1.82) is 0 Å². The number of para-hydroxylation sites is 1. The van der Waals surface area contributed by atoms with E-state index in [4.69, 9.17) is 9.47 Å². The fraction of sp³-hybridized carbons (Fsp3) is 0.238. The van der Waals surface area contributed by atoms with Gasteiger partial charge in [-0.25, -0.2) is 5.43 Å². The lowest BCUT2D eigenvalue weighted by atomic mass is 10.1. The highest BCUT2D eigenvalue weighted by Crippen LogP contribution is 2.34. The monoisotopic (exact) mass is 466 g/mol. The number of nitrogens with zero attached hydrogens (tertiary/aromatic N) is 1. The molecular formula is C21H21F3N4O5. The Morgan fingerprint density at radius 3 is 2.45 bits per heavy atom. The van der Waals surface area contributed by atoms with Crippen LogP contribution in [-0.4, -0.2) is 44.2 Å². The smallest absolute Gasteiger partial charge is 0.418 e. The van der Waals surface area contributed by atoms with E-state index in [1.807, 2.05) is 0 Å². The van der Waals surface area contributed by atoms with Gasteiger partial charge in [-0.3, -0.25) is 14.4 Å². The maximum Gasteiger partial charge on any atom is 0.418 e. The number of likely N-dealkylation sites (N-methyl/N-ethyl adjacent to an activating group) is 1. The van der Waals surface area contributed by atoms with Gasteiger partial charge in [0, 0.05) is 6.54 Å². The lowest BCUT2D eigenvalue weighted by Gasteiger charge is -2.14. The largest absolute Gasteiger partial charge is 0.493 e. The molecule has 0 spiro atoms. The van der Waals surface area contributed by atoms with E-state index in [9.17, 15) is 27.6 Å². The summed E-state index contributed by atoms with van der Waals surface area (Å²) in [5, 5.41) is 8.15. The molecule has 0 saturated heterocycles. The first kappa shape index (κ1) is 25.2. The minimum Gasteiger partial charge on any atom is -0.493 e. The van der Waals surface area contributed by atoms with Gasteiger partial charge in [-0.1, -0.05) is 12.1 Å². The van der Waals surface area contributed by atoms with Gasteiger partial charge in [0.25, 0.3) is 5.91 Å². The summed E-state index contributed by atoms with van der Waals surface area (Å²) in [6.07, 6.45) is -3.37. The zero-order valence-corrected chi connectivity index (χ0v) is 17.7. The van der Waals surface area contributed by atoms with Crippen molar-refractivity contribution in [2.24, 2.45) is 5.10 Å². The number of benzene rings is 2. The summed E-state index contributed by atoms with van der Waals surface area (Å²) in [7, 11) is 1.35. The highest BCUT2D eigenvalue weighted by atomic mass is 19.4. The van der Waals surface area contributed by atoms with Crippen molar-refractivity contribution in [3.8, 4) is 11.5 Å². The van der Waals surface area contributed by atoms with Crippen molar-refractivity contribution in [1.82, 2.24) is 10.7 Å². The van der Waals surface area contributed by atoms with Crippen LogP contribution in [0.2, 0.25) is 0 Å². The predicted molar refractivity (Wildman–Crippen MR) is 113 cm³/mol. The van der Waals surface area contributed by atoms with Gasteiger partial charge in [-0.2, -0.15) is 18.3 Å². The van der Waals surface area contributed by atoms with E-state index in [2.05, 4.69) is 21.2 Å². The number of anilines is 1. The van der Waals surface area contributed by atoms with Crippen LogP contribution in [0.4, 0.5) is 18.9 Å². The minimum absolute atomic E-state index is 0.153. The molecule has 33 heavy (non-hydrogen) atoms. The number of amides is 3. The second-order valence-corrected chi connectivity index (χ2v) is 6.35. The Balaban J connectivity index is 1.99. The summed E-state index contributed by atoms with van der Waals surface area (Å²) in [5.74, 6) is -2.20. The van der Waals surface area contributed by atoms with Gasteiger partial charge in [0.15, 0.2) is 18.1 Å². The third-order valence-corrected chi connectivity index (χ3v) is 3.98. The van der Waals surface area contributed by atoms with Crippen molar-refractivity contribution in [2.45, 2.75) is 13.1 Å². The molecule has 12 heteroatoms. The van der Waals surface area contributed by atoms with Gasteiger partial charge in [-0.15, -0.1) is 0 Å². The Kier molecular flexibility index (Phi) is 8.78. The maximum absolute atomic E-state index is 13.0. The van der Waals surface area contributed by atoms with Gasteiger partial charge in [-0.05, 0) is 42.8 Å². The average molecular weight is 466 g/mol. The molecule has 3 amide bonds. The van der Waals surface area contributed by atoms with Crippen LogP contribution in [0.1, 0.15) is 18.1 Å². The molecule has 0 unspecified atom stereocenters. The number of hydrogen-bond acceptors (Lipinski definition) is 6. The van der Waals surface area contributed by atoms with Crippen molar-refractivity contribution in [3.05, 3.63) is 53.6 Å². The molecule has 176 valence electrons. The lowest BCUT2D eigenvalue weighted by Crippen LogP contribution is -2.37. The van der Waals surface area contributed by atoms with Crippen molar-refractivity contribution in [2.75, 3.05) is 25.6 Å². The molecule has 0 bridgehead atoms. The number of carbonyl (C=O) groups excluding carboxylic acids is 3. The Bertz CT molecular complexity index is 1040. The number of halogens is 3. The summed E-state index contributed by atoms with van der Waals surface area (Å²) in [6, 6.07) is 9.04. The standard InChI is InChI=1S/C21H21F3N4O5/c1-3-25-19(30)20(31)28-26-11-13-8-9-16(17(10-13)32-2)33-12-18(29)27-15-7-5-4-6-14(15)21(22,23)24/h4-11H,3,12H2,1-2H3,(H,25,30)(H,27,29)(H,28,31)/b26-11-. The summed E-state index contributed by atoms with van der Waals surface area (Å²) in [4.78, 5) is 34.9. The van der Waals surface area contributed by atoms with Crippen molar-refractivity contribution >= 4 is 29.6 Å². The first-order valence-electron chi connectivity index (χ1n) is 9.53. The van der Waals surface area contributed by atoms with E-state index in [0.717, 1.165) is 12.1 Å². The molecule has 2 aromatic rings. The van der Waals surface area contributed by atoms with Gasteiger partial charge in [0.1, 0.15) is 0 Å². The predicted octanol–water partition coefficient (Wildman–Crippen LogP) is 2.32. The molecule has 0 fully saturated rings. The zero-order valence-electron chi connectivity index (χ0n) is 17.7. The number of alkyl halides is 3. The molecule has 0 aliphatic carbocycles. The highest BCUT2D eigenvalue weighted by molar-refractivity contribution is 6.35. The third-order valence-electron chi connectivity index (χ3n) is 3.98. The van der Waals surface area contributed by atoms with E-state index >= 15 is 0 Å². The summed E-state index contributed by atoms with van der Waals surface area (Å²) >= 11 is 0. The SMILES string of the molecule is CCNC(=O)C(=O)N/N=C\c1ccc(OCC(=O)Nc2ccccc2C(F)(F)F)c(OC)c1. The number of methoxy groups -OCH3 is 1. The number of rotatable bonds is 8. The van der Waals surface area contributed by atoms with Gasteiger partial charge in [0.05, 0.1) is 24.6 Å². The lowest BCUT2D eigenvalue weighted by molar-refractivity contribution is -0.139. The van der Waals surface area contributed by atoms with Gasteiger partial charge < -0.3 is 20.1 Å². The Labute approximate surface area is 186 Å². The molecule has 0 radical (unpaired) electrons. The molecule has 0 aromatic heterocycles. The van der Waals surface area contributed by atoms with E-state index in [-0.39, 0.29) is 17.2 Å². The highest BCUT2D eigenvalue weighted by Gasteiger charge is 2.33. The number of nitrogens with one attached hydrogen (secondary N) is 3. The van der Waals surface area contributed by atoms with Crippen LogP contribution in [-0.2, 0) is 20.6 Å². The quantitative estimate of drug-likeness (QED) is 0.314. The van der Waals surface area contributed by atoms with Crippen LogP contribution in [0.3, 0.4) is 0 Å². The topological polar surface area (TPSA) is 118 Å². The third kappa shape index (κ3) is 7.52. The molecule has 0 aliphatic rings. The molecule has 0 heterocycles. The van der Waals surface area contributed by atoms with Crippen LogP contribution in [0.25, 0.3) is 0 Å². The van der Waals surface area contributed by atoms with Gasteiger partial charge >= 0.3 is 18.0 Å². The Morgan fingerprint density at radius 1 is 1.06 bits per heavy atom. The summed E-state index contributed by atoms with van der Waals surface area (Å²) in [6.45, 7) is 1.38. The Morgan fingerprint density at radius 2 is 1.79 bits per heavy atom. The molecule has 0 atom stereocenters. The molecule has 2 rings (SSSR count). The Hall–Kier alpha value is -4.09. The van der Waals surface area contributed by atoms with E-state index < -0.39 is 36.1 Å². The van der Waals surface area contributed by atoms with E-state index in [0.29, 0.717) is 12.1 Å². The van der Waals surface area contributed by atoms with Crippen LogP contribution >= 0.6 is 0 Å². The average Bonchev–Trinajstić information content (AvgIpc) is 2.77. The van der Waals surface area contributed by atoms with Crippen molar-refractivity contribution in [3.63, 3.8) is 0 Å². The first-order valence-corrected chi connectivity index (χ1v) is 9.53. The summed E-state index contributed by atoms with van der Waals surface area (Å²) < 4.78 is 49.7. The van der Waals surface area contributed by atoms with E-state index in [1.165, 1.54) is 43.7 Å². The minimum atomic E-state index is -4.62. The molecule has 3 N–H and O–H groups in total. The number of hydrogen-bond donors (Lipinski definition) is 3. The van der Waals surface area contributed by atoms with Crippen LogP contribution in [0.15, 0.2) is 47.6 Å². The fourth-order valence-corrected chi connectivity index (χ4v) is 2.51. The molecule has 2 aromatic carbocycles. The van der Waals surface area contributed by atoms with Gasteiger partial charge in [0.2, 0.25) is 0 Å². The van der Waals surface area contributed by atoms with Crippen molar-refractivity contribution < 1.29 is 37.0 Å². The van der Waals surface area contributed by atoms with Crippen LogP contribution in [0, 0.1) is 0 Å². The summed E-state index contributed by atoms with van der Waals surface area (Å²) in [5.41, 5.74) is 1.17. The number of ether oxygens (including phenoxy) is 2. The molecule has 9 nitrogen and oxygen atoms in total. The molecule has 0 saturated carbocycles. The maximum atomic E-state index is 13.0. The second-order valence-electron chi connectivity index (χ2n) is 6.35. The normalized spacial score (nSPS) is 11.1. The molecular weight excluding hydrogens is 445 g/mol. The number of hydrazone groups is 1. The van der Waals surface area contributed by atoms with Crippen LogP contribution < -0.4 is 25.5 Å². The first-order chi connectivity index (χ1) is 15.7. The second kappa shape index (κ2) is 11.5.